The third-order valence-corrected chi connectivity index (χ3v) is 9.35. The van der Waals surface area contributed by atoms with Crippen LogP contribution >= 0.6 is 0 Å². The minimum Gasteiger partial charge on any atom is -0.309 e. The Morgan fingerprint density at radius 3 is 1.93 bits per heavy atom. The maximum Gasteiger partial charge on any atom is 0.235 e. The monoisotopic (exact) mass is 586 g/mol. The second-order valence-electron chi connectivity index (χ2n) is 11.9. The van der Waals surface area contributed by atoms with Gasteiger partial charge in [-0.05, 0) is 70.4 Å². The van der Waals surface area contributed by atoms with E-state index >= 15 is 0 Å². The van der Waals surface area contributed by atoms with Crippen LogP contribution in [0, 0.1) is 0 Å². The Labute approximate surface area is 264 Å². The maximum absolute atomic E-state index is 5.06. The molecule has 0 amide bonds. The van der Waals surface area contributed by atoms with E-state index in [0.29, 0.717) is 5.95 Å². The molecule has 10 rings (SSSR count). The van der Waals surface area contributed by atoms with E-state index in [1.54, 1.807) is 0 Å². The predicted octanol–water partition coefficient (Wildman–Crippen LogP) is 10.6. The van der Waals surface area contributed by atoms with Crippen molar-refractivity contribution in [1.82, 2.24) is 19.1 Å². The second-order valence-corrected chi connectivity index (χ2v) is 11.9. The summed E-state index contributed by atoms with van der Waals surface area (Å²) in [5.41, 5.74) is 9.04. The van der Waals surface area contributed by atoms with Crippen molar-refractivity contribution in [2.75, 3.05) is 0 Å². The largest absolute Gasteiger partial charge is 0.309 e. The molecule has 3 aromatic heterocycles. The van der Waals surface area contributed by atoms with Gasteiger partial charge in [0.1, 0.15) is 0 Å². The van der Waals surface area contributed by atoms with Crippen LogP contribution in [0.15, 0.2) is 158 Å². The number of benzene rings is 7. The van der Waals surface area contributed by atoms with Gasteiger partial charge in [-0.3, -0.25) is 4.57 Å². The molecule has 0 aliphatic rings. The average molecular weight is 587 g/mol. The first-order chi connectivity index (χ1) is 22.8. The molecule has 0 aliphatic carbocycles. The standard InChI is InChI=1S/C42H26N4/c1-2-13-29(14-3-1)45-37-20-10-7-16-31(37)35-24-27(22-23-39(35)45)34-25-40-41(32-17-6-5-15-30(32)34)33-18-8-11-21-38(33)46(40)42-43-26-28-12-4-9-19-36(28)44-42/h1-26H. The molecule has 0 atom stereocenters. The lowest BCUT2D eigenvalue weighted by molar-refractivity contribution is 1.01. The summed E-state index contributed by atoms with van der Waals surface area (Å²) in [6.45, 7) is 0. The third kappa shape index (κ3) is 3.55. The average Bonchev–Trinajstić information content (AvgIpc) is 3.64. The van der Waals surface area contributed by atoms with Crippen LogP contribution in [-0.4, -0.2) is 19.1 Å². The second kappa shape index (κ2) is 9.62. The van der Waals surface area contributed by atoms with Gasteiger partial charge in [0.25, 0.3) is 0 Å². The summed E-state index contributed by atoms with van der Waals surface area (Å²) in [6.07, 6.45) is 1.93. The van der Waals surface area contributed by atoms with Crippen LogP contribution in [-0.2, 0) is 0 Å². The molecule has 0 bridgehead atoms. The lowest BCUT2D eigenvalue weighted by Gasteiger charge is -2.12. The fraction of sp³-hybridized carbons (Fsp3) is 0. The van der Waals surface area contributed by atoms with Gasteiger partial charge < -0.3 is 4.57 Å². The molecule has 0 fully saturated rings. The smallest absolute Gasteiger partial charge is 0.235 e. The summed E-state index contributed by atoms with van der Waals surface area (Å²) in [7, 11) is 0. The molecule has 10 aromatic rings. The number of hydrogen-bond acceptors (Lipinski definition) is 2. The number of rotatable bonds is 3. The first kappa shape index (κ1) is 25.1. The minimum absolute atomic E-state index is 0.674. The zero-order chi connectivity index (χ0) is 30.2. The quantitative estimate of drug-likeness (QED) is 0.206. The van der Waals surface area contributed by atoms with E-state index in [0.717, 1.165) is 27.6 Å². The summed E-state index contributed by atoms with van der Waals surface area (Å²) >= 11 is 0. The van der Waals surface area contributed by atoms with E-state index in [1.165, 1.54) is 54.5 Å². The van der Waals surface area contributed by atoms with Crippen molar-refractivity contribution in [3.05, 3.63) is 158 Å². The lowest BCUT2D eigenvalue weighted by atomic mass is 9.94. The summed E-state index contributed by atoms with van der Waals surface area (Å²) in [6, 6.07) is 54.1. The van der Waals surface area contributed by atoms with Gasteiger partial charge in [-0.15, -0.1) is 0 Å². The molecule has 0 radical (unpaired) electrons. The number of aromatic nitrogens is 4. The van der Waals surface area contributed by atoms with E-state index in [4.69, 9.17) is 9.97 Å². The van der Waals surface area contributed by atoms with E-state index in [1.807, 2.05) is 18.3 Å². The molecule has 7 aromatic carbocycles. The van der Waals surface area contributed by atoms with E-state index in [-0.39, 0.29) is 0 Å². The summed E-state index contributed by atoms with van der Waals surface area (Å²) in [5, 5.41) is 8.36. The van der Waals surface area contributed by atoms with Gasteiger partial charge in [0, 0.05) is 38.8 Å². The molecule has 0 saturated heterocycles. The Bertz CT molecular complexity index is 2810. The molecule has 214 valence electrons. The molecular formula is C42H26N4. The zero-order valence-corrected chi connectivity index (χ0v) is 24.8. The first-order valence-electron chi connectivity index (χ1n) is 15.6. The van der Waals surface area contributed by atoms with Gasteiger partial charge in [0.2, 0.25) is 5.95 Å². The molecule has 0 unspecified atom stereocenters. The van der Waals surface area contributed by atoms with Crippen molar-refractivity contribution >= 4 is 65.3 Å². The SMILES string of the molecule is c1ccc(-n2c3ccccc3c3cc(-c4cc5c(c6ccccc46)c4ccccc4n5-c4ncc5ccccc5n4)ccc32)cc1. The van der Waals surface area contributed by atoms with Crippen LogP contribution in [0.1, 0.15) is 0 Å². The first-order valence-corrected chi connectivity index (χ1v) is 15.6. The van der Waals surface area contributed by atoms with E-state index < -0.39 is 0 Å². The summed E-state index contributed by atoms with van der Waals surface area (Å²) in [5.74, 6) is 0.674. The number of para-hydroxylation sites is 4. The molecule has 3 heterocycles. The Morgan fingerprint density at radius 1 is 0.435 bits per heavy atom. The Balaban J connectivity index is 1.30. The van der Waals surface area contributed by atoms with Crippen LogP contribution in [0.5, 0.6) is 0 Å². The van der Waals surface area contributed by atoms with Gasteiger partial charge in [-0.1, -0.05) is 103 Å². The highest BCUT2D eigenvalue weighted by Crippen LogP contribution is 2.42. The van der Waals surface area contributed by atoms with Crippen molar-refractivity contribution in [3.8, 4) is 22.8 Å². The summed E-state index contributed by atoms with van der Waals surface area (Å²) < 4.78 is 4.59. The van der Waals surface area contributed by atoms with Crippen molar-refractivity contribution in [2.24, 2.45) is 0 Å². The molecule has 4 nitrogen and oxygen atoms in total. The topological polar surface area (TPSA) is 35.6 Å². The highest BCUT2D eigenvalue weighted by molar-refractivity contribution is 6.24. The van der Waals surface area contributed by atoms with Gasteiger partial charge in [-0.2, -0.15) is 0 Å². The van der Waals surface area contributed by atoms with Crippen molar-refractivity contribution < 1.29 is 0 Å². The lowest BCUT2D eigenvalue weighted by Crippen LogP contribution is -2.01. The normalized spacial score (nSPS) is 11.9. The predicted molar refractivity (Wildman–Crippen MR) is 191 cm³/mol. The highest BCUT2D eigenvalue weighted by Gasteiger charge is 2.20. The third-order valence-electron chi connectivity index (χ3n) is 9.35. The van der Waals surface area contributed by atoms with Gasteiger partial charge >= 0.3 is 0 Å². The van der Waals surface area contributed by atoms with Gasteiger partial charge in [0.15, 0.2) is 0 Å². The molecule has 0 spiro atoms. The molecule has 0 aliphatic heterocycles. The van der Waals surface area contributed by atoms with Crippen LogP contribution in [0.3, 0.4) is 0 Å². The highest BCUT2D eigenvalue weighted by atomic mass is 15.2. The van der Waals surface area contributed by atoms with Crippen LogP contribution in [0.4, 0.5) is 0 Å². The fourth-order valence-corrected chi connectivity index (χ4v) is 7.35. The molecule has 0 N–H and O–H groups in total. The van der Waals surface area contributed by atoms with Crippen LogP contribution in [0.25, 0.3) is 88.0 Å². The molecular weight excluding hydrogens is 560 g/mol. The maximum atomic E-state index is 5.06. The van der Waals surface area contributed by atoms with Crippen molar-refractivity contribution in [3.63, 3.8) is 0 Å². The summed E-state index contributed by atoms with van der Waals surface area (Å²) in [4.78, 5) is 9.94. The van der Waals surface area contributed by atoms with Crippen molar-refractivity contribution in [1.29, 1.82) is 0 Å². The molecule has 4 heteroatoms. The molecule has 46 heavy (non-hydrogen) atoms. The van der Waals surface area contributed by atoms with Crippen LogP contribution < -0.4 is 0 Å². The molecule has 0 saturated carbocycles. The number of hydrogen-bond donors (Lipinski definition) is 0. The van der Waals surface area contributed by atoms with Gasteiger partial charge in [-0.25, -0.2) is 9.97 Å². The number of fused-ring (bicyclic) bond motifs is 9. The van der Waals surface area contributed by atoms with E-state index in [2.05, 4.69) is 149 Å². The van der Waals surface area contributed by atoms with Crippen LogP contribution in [0.2, 0.25) is 0 Å². The van der Waals surface area contributed by atoms with Crippen molar-refractivity contribution in [2.45, 2.75) is 0 Å². The van der Waals surface area contributed by atoms with Gasteiger partial charge in [0.05, 0.1) is 27.6 Å². The fourth-order valence-electron chi connectivity index (χ4n) is 7.35. The Morgan fingerprint density at radius 2 is 1.09 bits per heavy atom. The van der Waals surface area contributed by atoms with E-state index in [9.17, 15) is 0 Å². The Kier molecular flexibility index (Phi) is 5.25. The Hall–Kier alpha value is -6.26. The number of nitrogens with zero attached hydrogens (tertiary/aromatic N) is 4. The zero-order valence-electron chi connectivity index (χ0n) is 24.8. The minimum atomic E-state index is 0.674.